The van der Waals surface area contributed by atoms with Crippen molar-refractivity contribution in [3.63, 3.8) is 0 Å². The maximum atomic E-state index is 15.0. The first-order valence-corrected chi connectivity index (χ1v) is 11.9. The van der Waals surface area contributed by atoms with E-state index in [0.29, 0.717) is 23.1 Å². The summed E-state index contributed by atoms with van der Waals surface area (Å²) < 4.78 is 64.3. The number of rotatable bonds is 5. The summed E-state index contributed by atoms with van der Waals surface area (Å²) in [4.78, 5) is 12.5. The molecule has 0 saturated heterocycles. The number of carbonyl (C=O) groups excluding carboxylic acids is 1. The number of benzene rings is 2. The van der Waals surface area contributed by atoms with Crippen LogP contribution in [0, 0.1) is 17.1 Å². The molecule has 0 spiro atoms. The van der Waals surface area contributed by atoms with Crippen molar-refractivity contribution in [2.75, 3.05) is 20.2 Å². The molecule has 6 nitrogen and oxygen atoms in total. The molecule has 0 radical (unpaired) electrons. The highest BCUT2D eigenvalue weighted by Gasteiger charge is 2.41. The molecule has 0 aliphatic heterocycles. The van der Waals surface area contributed by atoms with E-state index in [0.717, 1.165) is 18.4 Å². The van der Waals surface area contributed by atoms with E-state index in [4.69, 9.17) is 9.47 Å². The molecule has 4 rings (SSSR count). The minimum atomic E-state index is -3.69. The molecule has 0 amide bonds. The van der Waals surface area contributed by atoms with E-state index in [1.165, 1.54) is 13.2 Å². The van der Waals surface area contributed by atoms with Crippen LogP contribution in [-0.4, -0.2) is 40.5 Å². The van der Waals surface area contributed by atoms with Crippen molar-refractivity contribution in [1.82, 2.24) is 0 Å². The number of carbonyl (C=O) groups is 1. The van der Waals surface area contributed by atoms with E-state index in [1.807, 2.05) is 6.07 Å². The number of nitrogens with zero attached hydrogens (tertiary/aromatic N) is 1. The highest BCUT2D eigenvalue weighted by atomic mass is 32.2. The first-order valence-electron chi connectivity index (χ1n) is 10.0. The SMILES string of the molecule is COCO[C@H]1c2c(S(C)(=O)=O)ccc([C@H]3CCC(=O)c4cc(F)cc(C#N)c43)c2C[C@H]1F. The number of alkyl halides is 1. The Morgan fingerprint density at radius 2 is 2.00 bits per heavy atom. The number of methoxy groups -OCH3 is 1. The first kappa shape index (κ1) is 22.5. The maximum absolute atomic E-state index is 15.0. The van der Waals surface area contributed by atoms with Crippen LogP contribution in [0.4, 0.5) is 8.78 Å². The topological polar surface area (TPSA) is 93.5 Å². The van der Waals surface area contributed by atoms with Crippen molar-refractivity contribution in [3.05, 3.63) is 63.5 Å². The Morgan fingerprint density at radius 3 is 2.66 bits per heavy atom. The summed E-state index contributed by atoms with van der Waals surface area (Å²) in [6.07, 6.45) is -1.16. The Hall–Kier alpha value is -2.67. The van der Waals surface area contributed by atoms with Gasteiger partial charge < -0.3 is 9.47 Å². The summed E-state index contributed by atoms with van der Waals surface area (Å²) in [5, 5.41) is 9.59. The molecule has 0 bridgehead atoms. The van der Waals surface area contributed by atoms with Gasteiger partial charge in [-0.15, -0.1) is 0 Å². The van der Waals surface area contributed by atoms with Crippen LogP contribution in [0.2, 0.25) is 0 Å². The lowest BCUT2D eigenvalue weighted by Crippen LogP contribution is -2.20. The van der Waals surface area contributed by atoms with Crippen molar-refractivity contribution in [2.45, 2.75) is 42.4 Å². The van der Waals surface area contributed by atoms with Crippen LogP contribution in [0.3, 0.4) is 0 Å². The Balaban J connectivity index is 1.95. The smallest absolute Gasteiger partial charge is 0.175 e. The fraction of sp³-hybridized carbons (Fsp3) is 0.391. The number of ketones is 1. The third-order valence-corrected chi connectivity index (χ3v) is 7.23. The summed E-state index contributed by atoms with van der Waals surface area (Å²) in [5.41, 5.74) is 1.93. The predicted octanol–water partition coefficient (Wildman–Crippen LogP) is 3.77. The van der Waals surface area contributed by atoms with Gasteiger partial charge in [-0.3, -0.25) is 4.79 Å². The molecule has 0 N–H and O–H groups in total. The Labute approximate surface area is 184 Å². The van der Waals surface area contributed by atoms with Gasteiger partial charge in [-0.2, -0.15) is 5.26 Å². The zero-order valence-corrected chi connectivity index (χ0v) is 18.3. The van der Waals surface area contributed by atoms with Crippen LogP contribution in [0.15, 0.2) is 29.2 Å². The number of hydrogen-bond donors (Lipinski definition) is 0. The monoisotopic (exact) mass is 461 g/mol. The number of ether oxygens (including phenoxy) is 2. The van der Waals surface area contributed by atoms with Crippen molar-refractivity contribution in [3.8, 4) is 6.07 Å². The van der Waals surface area contributed by atoms with Gasteiger partial charge in [0.25, 0.3) is 0 Å². The second kappa shape index (κ2) is 8.35. The van der Waals surface area contributed by atoms with Crippen LogP contribution in [0.5, 0.6) is 0 Å². The lowest BCUT2D eigenvalue weighted by atomic mass is 9.74. The molecule has 9 heteroatoms. The van der Waals surface area contributed by atoms with Crippen molar-refractivity contribution >= 4 is 15.6 Å². The Bertz CT molecular complexity index is 1250. The van der Waals surface area contributed by atoms with Crippen molar-refractivity contribution in [2.24, 2.45) is 0 Å². The van der Waals surface area contributed by atoms with E-state index in [2.05, 4.69) is 0 Å². The summed E-state index contributed by atoms with van der Waals surface area (Å²) in [6.45, 7) is -0.212. The number of fused-ring (bicyclic) bond motifs is 2. The number of nitriles is 1. The van der Waals surface area contributed by atoms with Crippen molar-refractivity contribution < 1.29 is 31.5 Å². The second-order valence-corrected chi connectivity index (χ2v) is 10.1. The van der Waals surface area contributed by atoms with Crippen LogP contribution >= 0.6 is 0 Å². The lowest BCUT2D eigenvalue weighted by Gasteiger charge is -2.28. The number of halogens is 2. The molecule has 0 fully saturated rings. The number of Topliss-reactive ketones (excluding diaryl/α,β-unsaturated/α-hetero) is 1. The van der Waals surface area contributed by atoms with Crippen LogP contribution in [0.25, 0.3) is 0 Å². The molecule has 2 aromatic rings. The van der Waals surface area contributed by atoms with Crippen LogP contribution < -0.4 is 0 Å². The average Bonchev–Trinajstić information content (AvgIpc) is 3.06. The molecule has 2 aromatic carbocycles. The fourth-order valence-electron chi connectivity index (χ4n) is 4.84. The lowest BCUT2D eigenvalue weighted by molar-refractivity contribution is -0.0939. The van der Waals surface area contributed by atoms with Gasteiger partial charge in [0.05, 0.1) is 16.5 Å². The van der Waals surface area contributed by atoms with Gasteiger partial charge in [0.15, 0.2) is 15.6 Å². The molecular formula is C23H21F2NO5S. The normalized spacial score (nSPS) is 22.3. The van der Waals surface area contributed by atoms with Gasteiger partial charge in [-0.05, 0) is 41.3 Å². The van der Waals surface area contributed by atoms with Crippen molar-refractivity contribution in [1.29, 1.82) is 5.26 Å². The number of hydrogen-bond acceptors (Lipinski definition) is 6. The minimum absolute atomic E-state index is 0.0239. The highest BCUT2D eigenvalue weighted by molar-refractivity contribution is 7.90. The molecule has 0 saturated carbocycles. The first-order chi connectivity index (χ1) is 15.2. The summed E-state index contributed by atoms with van der Waals surface area (Å²) >= 11 is 0. The molecule has 0 heterocycles. The largest absolute Gasteiger partial charge is 0.359 e. The Morgan fingerprint density at radius 1 is 1.25 bits per heavy atom. The quantitative estimate of drug-likeness (QED) is 0.630. The summed E-state index contributed by atoms with van der Waals surface area (Å²) in [6, 6.07) is 7.19. The number of sulfone groups is 1. The molecule has 168 valence electrons. The third-order valence-electron chi connectivity index (χ3n) is 6.08. The van der Waals surface area contributed by atoms with Crippen LogP contribution in [0.1, 0.15) is 63.0 Å². The molecule has 2 aliphatic carbocycles. The molecular weight excluding hydrogens is 440 g/mol. The van der Waals surface area contributed by atoms with Gasteiger partial charge in [0.2, 0.25) is 0 Å². The van der Waals surface area contributed by atoms with Gasteiger partial charge in [-0.25, -0.2) is 17.2 Å². The van der Waals surface area contributed by atoms with Gasteiger partial charge in [0.1, 0.15) is 24.9 Å². The van der Waals surface area contributed by atoms with Gasteiger partial charge in [-0.1, -0.05) is 6.07 Å². The molecule has 3 atom stereocenters. The van der Waals surface area contributed by atoms with Gasteiger partial charge in [0, 0.05) is 43.3 Å². The van der Waals surface area contributed by atoms with E-state index >= 15 is 4.39 Å². The van der Waals surface area contributed by atoms with Crippen LogP contribution in [-0.2, 0) is 25.7 Å². The molecule has 2 aliphatic rings. The standard InChI is InChI=1S/C23H21F2NO5S/c1-30-11-31-23-18(25)9-16-14(4-6-20(22(16)23)32(2,28)29)15-3-5-19(27)17-8-13(24)7-12(10-26)21(15)17/h4,6-8,15,18,23H,3,5,9,11H2,1-2H3/t15-,18-,23-/m1/s1. The zero-order chi connectivity index (χ0) is 23.2. The van der Waals surface area contributed by atoms with E-state index in [1.54, 1.807) is 6.07 Å². The second-order valence-electron chi connectivity index (χ2n) is 8.07. The summed E-state index contributed by atoms with van der Waals surface area (Å²) in [7, 11) is -2.30. The Kier molecular flexibility index (Phi) is 5.88. The molecule has 0 aromatic heterocycles. The van der Waals surface area contributed by atoms with Gasteiger partial charge >= 0.3 is 0 Å². The highest BCUT2D eigenvalue weighted by Crippen LogP contribution is 2.47. The average molecular weight is 461 g/mol. The summed E-state index contributed by atoms with van der Waals surface area (Å²) in [5.74, 6) is -1.42. The molecule has 0 unspecified atom stereocenters. The minimum Gasteiger partial charge on any atom is -0.359 e. The van der Waals surface area contributed by atoms with E-state index in [9.17, 15) is 22.9 Å². The van der Waals surface area contributed by atoms with E-state index in [-0.39, 0.29) is 47.0 Å². The molecule has 32 heavy (non-hydrogen) atoms. The fourth-order valence-corrected chi connectivity index (χ4v) is 5.80. The zero-order valence-electron chi connectivity index (χ0n) is 17.5. The maximum Gasteiger partial charge on any atom is 0.175 e. The predicted molar refractivity (Wildman–Crippen MR) is 110 cm³/mol. The van der Waals surface area contributed by atoms with E-state index < -0.39 is 33.8 Å². The third kappa shape index (κ3) is 3.72.